The molecule has 0 aliphatic heterocycles. The number of aromatic nitrogens is 2. The second kappa shape index (κ2) is 11.0. The predicted molar refractivity (Wildman–Crippen MR) is 111 cm³/mol. The number of hydrogen-bond donors (Lipinski definition) is 2. The second-order valence-electron chi connectivity index (χ2n) is 6.06. The maximum absolute atomic E-state index is 13.3. The van der Waals surface area contributed by atoms with Crippen molar-refractivity contribution in [1.82, 2.24) is 14.9 Å². The summed E-state index contributed by atoms with van der Waals surface area (Å²) in [5.41, 5.74) is 8.43. The summed E-state index contributed by atoms with van der Waals surface area (Å²) in [6.45, 7) is 0.563. The van der Waals surface area contributed by atoms with E-state index in [1.807, 2.05) is 28.8 Å². The summed E-state index contributed by atoms with van der Waals surface area (Å²) in [4.78, 5) is 16.7. The van der Waals surface area contributed by atoms with Gasteiger partial charge < -0.3 is 20.4 Å². The molecule has 1 amide bonds. The molecule has 0 saturated carbocycles. The molecule has 0 bridgehead atoms. The van der Waals surface area contributed by atoms with Crippen LogP contribution in [0.4, 0.5) is 4.39 Å². The largest absolute Gasteiger partial charge is 0.383 e. The number of halogens is 3. The van der Waals surface area contributed by atoms with Crippen molar-refractivity contribution >= 4 is 41.8 Å². The molecule has 0 fully saturated rings. The van der Waals surface area contributed by atoms with Crippen LogP contribution in [0.25, 0.3) is 11.0 Å². The Hall–Kier alpha value is -2.19. The van der Waals surface area contributed by atoms with E-state index in [2.05, 4.69) is 10.3 Å². The number of nitrogens with zero attached hydrogens (tertiary/aromatic N) is 2. The van der Waals surface area contributed by atoms with E-state index in [0.717, 1.165) is 16.6 Å². The van der Waals surface area contributed by atoms with E-state index in [9.17, 15) is 9.18 Å². The molecule has 2 unspecified atom stereocenters. The van der Waals surface area contributed by atoms with Crippen LogP contribution in [0, 0.1) is 5.82 Å². The van der Waals surface area contributed by atoms with Crippen molar-refractivity contribution in [2.75, 3.05) is 13.7 Å². The summed E-state index contributed by atoms with van der Waals surface area (Å²) < 4.78 is 20.2. The first-order chi connectivity index (χ1) is 12.6. The van der Waals surface area contributed by atoms with Crippen molar-refractivity contribution in [3.8, 4) is 0 Å². The van der Waals surface area contributed by atoms with Crippen LogP contribution in [-0.2, 0) is 16.1 Å². The molecule has 1 aromatic heterocycles. The lowest BCUT2D eigenvalue weighted by Crippen LogP contribution is -2.45. The summed E-state index contributed by atoms with van der Waals surface area (Å²) in [7, 11) is 1.49. The van der Waals surface area contributed by atoms with E-state index in [-0.39, 0.29) is 49.2 Å². The number of carbonyl (C=O) groups excluding carboxylic acids is 1. The Morgan fingerprint density at radius 2 is 1.89 bits per heavy atom. The van der Waals surface area contributed by atoms with Gasteiger partial charge in [-0.1, -0.05) is 24.3 Å². The van der Waals surface area contributed by atoms with Crippen LogP contribution < -0.4 is 11.1 Å². The van der Waals surface area contributed by atoms with Crippen LogP contribution in [0.2, 0.25) is 0 Å². The molecule has 3 aromatic rings. The maximum Gasteiger partial charge on any atom is 0.239 e. The Balaban J connectivity index is 0.00000196. The molecule has 28 heavy (non-hydrogen) atoms. The van der Waals surface area contributed by atoms with E-state index < -0.39 is 6.04 Å². The average Bonchev–Trinajstić information content (AvgIpc) is 3.05. The molecule has 0 saturated heterocycles. The van der Waals surface area contributed by atoms with Gasteiger partial charge in [0, 0.05) is 13.7 Å². The summed E-state index contributed by atoms with van der Waals surface area (Å²) in [6.07, 6.45) is 1.72. The first-order valence-electron chi connectivity index (χ1n) is 8.28. The lowest BCUT2D eigenvalue weighted by Gasteiger charge is -2.22. The quantitative estimate of drug-likeness (QED) is 0.605. The van der Waals surface area contributed by atoms with Crippen molar-refractivity contribution in [3.05, 3.63) is 66.2 Å². The number of rotatable bonds is 7. The monoisotopic (exact) mass is 428 g/mol. The SMILES string of the molecule is COCC(N)C(=O)NC(Cn1cnc2ccccc21)c1ccc(F)cc1.Cl.Cl. The Labute approximate surface area is 175 Å². The molecule has 9 heteroatoms. The number of hydrogen-bond acceptors (Lipinski definition) is 4. The third kappa shape index (κ3) is 5.65. The highest BCUT2D eigenvalue weighted by Crippen LogP contribution is 2.20. The molecule has 3 rings (SSSR count). The number of para-hydroxylation sites is 2. The van der Waals surface area contributed by atoms with Crippen molar-refractivity contribution in [3.63, 3.8) is 0 Å². The van der Waals surface area contributed by atoms with Gasteiger partial charge in [-0.05, 0) is 29.8 Å². The fraction of sp³-hybridized carbons (Fsp3) is 0.263. The van der Waals surface area contributed by atoms with Gasteiger partial charge in [-0.25, -0.2) is 9.37 Å². The topological polar surface area (TPSA) is 82.2 Å². The fourth-order valence-electron chi connectivity index (χ4n) is 2.82. The number of ether oxygens (including phenoxy) is 1. The van der Waals surface area contributed by atoms with Crippen LogP contribution in [0.3, 0.4) is 0 Å². The van der Waals surface area contributed by atoms with Crippen LogP contribution in [0.1, 0.15) is 11.6 Å². The van der Waals surface area contributed by atoms with Gasteiger partial charge in [0.05, 0.1) is 30.0 Å². The first-order valence-corrected chi connectivity index (χ1v) is 8.28. The standard InChI is InChI=1S/C19H21FN4O2.2ClH/c1-26-11-15(21)19(25)23-17(13-6-8-14(20)9-7-13)10-24-12-22-16-4-2-3-5-18(16)24;;/h2-9,12,15,17H,10-11,21H2,1H3,(H,23,25);2*1H. The molecule has 0 aliphatic carbocycles. The van der Waals surface area contributed by atoms with Crippen molar-refractivity contribution in [1.29, 1.82) is 0 Å². The summed E-state index contributed by atoms with van der Waals surface area (Å²) in [5.74, 6) is -0.659. The Bertz CT molecular complexity index is 889. The summed E-state index contributed by atoms with van der Waals surface area (Å²) in [6, 6.07) is 12.6. The molecule has 0 radical (unpaired) electrons. The number of amides is 1. The van der Waals surface area contributed by atoms with Gasteiger partial charge in [-0.3, -0.25) is 4.79 Å². The van der Waals surface area contributed by atoms with Crippen LogP contribution in [0.5, 0.6) is 0 Å². The highest BCUT2D eigenvalue weighted by Gasteiger charge is 2.20. The summed E-state index contributed by atoms with van der Waals surface area (Å²) >= 11 is 0. The predicted octanol–water partition coefficient (Wildman–Crippen LogP) is 2.85. The van der Waals surface area contributed by atoms with Crippen LogP contribution in [-0.4, -0.2) is 35.2 Å². The number of methoxy groups -OCH3 is 1. The van der Waals surface area contributed by atoms with E-state index in [0.29, 0.717) is 6.54 Å². The lowest BCUT2D eigenvalue weighted by atomic mass is 10.1. The minimum absolute atomic E-state index is 0. The molecule has 1 heterocycles. The third-order valence-electron chi connectivity index (χ3n) is 4.18. The number of nitrogens with one attached hydrogen (secondary N) is 1. The maximum atomic E-state index is 13.3. The van der Waals surface area contributed by atoms with Gasteiger partial charge in [0.15, 0.2) is 0 Å². The molecule has 2 atom stereocenters. The number of nitrogens with two attached hydrogens (primary N) is 1. The zero-order valence-electron chi connectivity index (χ0n) is 15.2. The molecule has 6 nitrogen and oxygen atoms in total. The van der Waals surface area contributed by atoms with Gasteiger partial charge in [-0.2, -0.15) is 0 Å². The highest BCUT2D eigenvalue weighted by molar-refractivity contribution is 5.85. The molecule has 0 spiro atoms. The van der Waals surface area contributed by atoms with Crippen molar-refractivity contribution in [2.45, 2.75) is 18.6 Å². The molecule has 152 valence electrons. The average molecular weight is 429 g/mol. The zero-order chi connectivity index (χ0) is 18.5. The molecular formula is C19H23Cl2FN4O2. The fourth-order valence-corrected chi connectivity index (χ4v) is 2.82. The minimum atomic E-state index is -0.775. The van der Waals surface area contributed by atoms with Gasteiger partial charge in [0.2, 0.25) is 5.91 Å². The van der Waals surface area contributed by atoms with Gasteiger partial charge in [0.1, 0.15) is 11.9 Å². The first kappa shape index (κ1) is 23.8. The minimum Gasteiger partial charge on any atom is -0.383 e. The van der Waals surface area contributed by atoms with Crippen LogP contribution >= 0.6 is 24.8 Å². The number of benzene rings is 2. The zero-order valence-corrected chi connectivity index (χ0v) is 16.9. The molecular weight excluding hydrogens is 406 g/mol. The molecule has 2 aromatic carbocycles. The summed E-state index contributed by atoms with van der Waals surface area (Å²) in [5, 5.41) is 2.93. The van der Waals surface area contributed by atoms with E-state index in [1.165, 1.54) is 19.2 Å². The normalized spacial score (nSPS) is 12.5. The van der Waals surface area contributed by atoms with Gasteiger partial charge in [0.25, 0.3) is 0 Å². The van der Waals surface area contributed by atoms with Crippen molar-refractivity contribution < 1.29 is 13.9 Å². The van der Waals surface area contributed by atoms with E-state index in [4.69, 9.17) is 10.5 Å². The highest BCUT2D eigenvalue weighted by atomic mass is 35.5. The van der Waals surface area contributed by atoms with E-state index in [1.54, 1.807) is 18.5 Å². The number of imidazole rings is 1. The Morgan fingerprint density at radius 1 is 1.21 bits per heavy atom. The molecule has 0 aliphatic rings. The van der Waals surface area contributed by atoms with Crippen LogP contribution in [0.15, 0.2) is 54.9 Å². The Morgan fingerprint density at radius 3 is 2.57 bits per heavy atom. The van der Waals surface area contributed by atoms with Crippen molar-refractivity contribution in [2.24, 2.45) is 5.73 Å². The third-order valence-corrected chi connectivity index (χ3v) is 4.18. The van der Waals surface area contributed by atoms with Gasteiger partial charge >= 0.3 is 0 Å². The second-order valence-corrected chi connectivity index (χ2v) is 6.06. The number of fused-ring (bicyclic) bond motifs is 1. The van der Waals surface area contributed by atoms with Gasteiger partial charge in [-0.15, -0.1) is 24.8 Å². The Kier molecular flexibility index (Phi) is 9.34. The van der Waals surface area contributed by atoms with E-state index >= 15 is 0 Å². The molecule has 3 N–H and O–H groups in total. The smallest absolute Gasteiger partial charge is 0.239 e. The number of carbonyl (C=O) groups is 1. The lowest BCUT2D eigenvalue weighted by molar-refractivity contribution is -0.124.